The lowest BCUT2D eigenvalue weighted by Crippen LogP contribution is -2.30. The van der Waals surface area contributed by atoms with Crippen molar-refractivity contribution >= 4 is 17.7 Å². The molecule has 1 aromatic carbocycles. The van der Waals surface area contributed by atoms with Crippen molar-refractivity contribution in [2.45, 2.75) is 37.5 Å². The number of benzene rings is 1. The minimum Gasteiger partial charge on any atom is -0.497 e. The highest BCUT2D eigenvalue weighted by Crippen LogP contribution is 2.31. The molecule has 132 valence electrons. The summed E-state index contributed by atoms with van der Waals surface area (Å²) in [5, 5.41) is 3.63. The molecule has 0 spiro atoms. The lowest BCUT2D eigenvalue weighted by molar-refractivity contribution is -0.121. The molecule has 1 amide bonds. The second-order valence-corrected chi connectivity index (χ2v) is 6.87. The molecule has 1 N–H and O–H groups in total. The van der Waals surface area contributed by atoms with E-state index in [0.29, 0.717) is 12.3 Å². The van der Waals surface area contributed by atoms with Gasteiger partial charge in [0.25, 0.3) is 5.56 Å². The van der Waals surface area contributed by atoms with Crippen LogP contribution in [0.5, 0.6) is 5.75 Å². The van der Waals surface area contributed by atoms with E-state index in [9.17, 15) is 9.59 Å². The van der Waals surface area contributed by atoms with Gasteiger partial charge in [0.15, 0.2) is 5.16 Å². The molecule has 0 aliphatic carbocycles. The maximum atomic E-state index is 12.3. The van der Waals surface area contributed by atoms with E-state index in [1.54, 1.807) is 17.7 Å². The number of aryl methyl sites for hydroxylation is 1. The van der Waals surface area contributed by atoms with Crippen molar-refractivity contribution in [3.05, 3.63) is 51.9 Å². The zero-order chi connectivity index (χ0) is 17.8. The summed E-state index contributed by atoms with van der Waals surface area (Å²) in [5.41, 5.74) is 1.73. The Morgan fingerprint density at radius 1 is 1.40 bits per heavy atom. The molecule has 3 rings (SSSR count). The summed E-state index contributed by atoms with van der Waals surface area (Å²) in [6, 6.07) is 8.99. The van der Waals surface area contributed by atoms with Gasteiger partial charge in [-0.1, -0.05) is 30.8 Å². The van der Waals surface area contributed by atoms with Crippen LogP contribution >= 0.6 is 11.8 Å². The molecule has 0 fully saturated rings. The number of ether oxygens (including phenoxy) is 1. The number of carbonyl (C=O) groups is 1. The summed E-state index contributed by atoms with van der Waals surface area (Å²) < 4.78 is 6.77. The van der Waals surface area contributed by atoms with Crippen molar-refractivity contribution in [1.29, 1.82) is 0 Å². The van der Waals surface area contributed by atoms with Crippen LogP contribution in [0.15, 0.2) is 40.3 Å². The molecular formula is C18H21N3O3S. The number of aromatic nitrogens is 2. The summed E-state index contributed by atoms with van der Waals surface area (Å²) >= 11 is 1.54. The minimum atomic E-state index is -0.137. The molecule has 2 heterocycles. The highest BCUT2D eigenvalue weighted by Gasteiger charge is 2.27. The van der Waals surface area contributed by atoms with E-state index in [-0.39, 0.29) is 23.9 Å². The molecule has 6 nitrogen and oxygen atoms in total. The molecule has 1 aromatic heterocycles. The molecule has 0 radical (unpaired) electrons. The standard InChI is InChI=1S/C18H21N3O3S/c1-3-13-8-17(23)21-14(11-25-18(21)20-13)9-16(22)19-10-12-4-6-15(24-2)7-5-12/h4-8,14H,3,9-11H2,1-2H3,(H,19,22)/t14-/m1/s1. The Bertz CT molecular complexity index is 817. The molecule has 7 heteroatoms. The molecule has 25 heavy (non-hydrogen) atoms. The van der Waals surface area contributed by atoms with Gasteiger partial charge in [0, 0.05) is 30.5 Å². The van der Waals surface area contributed by atoms with E-state index in [1.807, 2.05) is 31.2 Å². The van der Waals surface area contributed by atoms with E-state index < -0.39 is 0 Å². The first kappa shape index (κ1) is 17.5. The summed E-state index contributed by atoms with van der Waals surface area (Å²) in [5.74, 6) is 1.42. The van der Waals surface area contributed by atoms with Crippen LogP contribution in [0, 0.1) is 0 Å². The predicted octanol–water partition coefficient (Wildman–Crippen LogP) is 2.17. The molecule has 0 unspecified atom stereocenters. The third-order valence-corrected chi connectivity index (χ3v) is 5.27. The Balaban J connectivity index is 1.60. The van der Waals surface area contributed by atoms with Gasteiger partial charge in [0.1, 0.15) is 5.75 Å². The number of hydrogen-bond acceptors (Lipinski definition) is 5. The number of carbonyl (C=O) groups excluding carboxylic acids is 1. The van der Waals surface area contributed by atoms with Crippen molar-refractivity contribution in [3.63, 3.8) is 0 Å². The molecule has 0 saturated carbocycles. The van der Waals surface area contributed by atoms with Gasteiger partial charge in [0.2, 0.25) is 5.91 Å². The topological polar surface area (TPSA) is 73.2 Å². The first-order valence-electron chi connectivity index (χ1n) is 8.25. The van der Waals surface area contributed by atoms with Gasteiger partial charge in [0.05, 0.1) is 13.2 Å². The van der Waals surface area contributed by atoms with Crippen molar-refractivity contribution in [2.75, 3.05) is 12.9 Å². The molecule has 0 saturated heterocycles. The number of fused-ring (bicyclic) bond motifs is 1. The normalized spacial score (nSPS) is 15.7. The Labute approximate surface area is 150 Å². The average Bonchev–Trinajstić information content (AvgIpc) is 3.03. The number of nitrogens with one attached hydrogen (secondary N) is 1. The van der Waals surface area contributed by atoms with Crippen molar-refractivity contribution in [2.24, 2.45) is 0 Å². The van der Waals surface area contributed by atoms with Crippen LogP contribution in [0.3, 0.4) is 0 Å². The van der Waals surface area contributed by atoms with Gasteiger partial charge >= 0.3 is 0 Å². The van der Waals surface area contributed by atoms with E-state index in [0.717, 1.165) is 28.6 Å². The number of methoxy groups -OCH3 is 1. The van der Waals surface area contributed by atoms with E-state index in [2.05, 4.69) is 10.3 Å². The van der Waals surface area contributed by atoms with Crippen molar-refractivity contribution < 1.29 is 9.53 Å². The minimum absolute atomic E-state index is 0.0688. The fourth-order valence-corrected chi connectivity index (χ4v) is 3.93. The summed E-state index contributed by atoms with van der Waals surface area (Å²) in [4.78, 5) is 29.0. The Morgan fingerprint density at radius 2 is 2.16 bits per heavy atom. The molecule has 1 aliphatic rings. The molecular weight excluding hydrogens is 338 g/mol. The van der Waals surface area contributed by atoms with Gasteiger partial charge in [-0.2, -0.15) is 0 Å². The van der Waals surface area contributed by atoms with Crippen LogP contribution < -0.4 is 15.6 Å². The van der Waals surface area contributed by atoms with Gasteiger partial charge < -0.3 is 10.1 Å². The van der Waals surface area contributed by atoms with Crippen LogP contribution in [0.2, 0.25) is 0 Å². The number of thioether (sulfide) groups is 1. The van der Waals surface area contributed by atoms with Gasteiger partial charge in [-0.3, -0.25) is 14.2 Å². The molecule has 2 aromatic rings. The largest absolute Gasteiger partial charge is 0.497 e. The quantitative estimate of drug-likeness (QED) is 0.800. The SMILES string of the molecule is CCc1cc(=O)n2c(n1)SC[C@H]2CC(=O)NCc1ccc(OC)cc1. The van der Waals surface area contributed by atoms with Crippen LogP contribution in [0.25, 0.3) is 0 Å². The fourth-order valence-electron chi connectivity index (χ4n) is 2.76. The number of amides is 1. The molecule has 0 bridgehead atoms. The second kappa shape index (κ2) is 7.74. The van der Waals surface area contributed by atoms with Crippen LogP contribution in [-0.4, -0.2) is 28.3 Å². The van der Waals surface area contributed by atoms with Crippen molar-refractivity contribution in [1.82, 2.24) is 14.9 Å². The van der Waals surface area contributed by atoms with Crippen LogP contribution in [-0.2, 0) is 17.8 Å². The Hall–Kier alpha value is -2.28. The Morgan fingerprint density at radius 3 is 2.84 bits per heavy atom. The van der Waals surface area contributed by atoms with Crippen molar-refractivity contribution in [3.8, 4) is 5.75 Å². The smallest absolute Gasteiger partial charge is 0.254 e. The van der Waals surface area contributed by atoms with E-state index in [1.165, 1.54) is 11.8 Å². The third-order valence-electron chi connectivity index (χ3n) is 4.17. The lowest BCUT2D eigenvalue weighted by atomic mass is 10.2. The first-order valence-corrected chi connectivity index (χ1v) is 9.24. The van der Waals surface area contributed by atoms with E-state index >= 15 is 0 Å². The van der Waals surface area contributed by atoms with E-state index in [4.69, 9.17) is 4.74 Å². The van der Waals surface area contributed by atoms with Crippen LogP contribution in [0.1, 0.15) is 30.6 Å². The van der Waals surface area contributed by atoms with Gasteiger partial charge in [-0.15, -0.1) is 0 Å². The molecule has 1 aliphatic heterocycles. The Kier molecular flexibility index (Phi) is 5.43. The van der Waals surface area contributed by atoms with Crippen LogP contribution in [0.4, 0.5) is 0 Å². The average molecular weight is 359 g/mol. The third kappa shape index (κ3) is 4.04. The maximum absolute atomic E-state index is 12.3. The summed E-state index contributed by atoms with van der Waals surface area (Å²) in [7, 11) is 1.62. The maximum Gasteiger partial charge on any atom is 0.254 e. The summed E-state index contributed by atoms with van der Waals surface area (Å²) in [6.45, 7) is 2.43. The number of hydrogen-bond donors (Lipinski definition) is 1. The second-order valence-electron chi connectivity index (χ2n) is 5.89. The highest BCUT2D eigenvalue weighted by molar-refractivity contribution is 7.99. The first-order chi connectivity index (χ1) is 12.1. The number of nitrogens with zero attached hydrogens (tertiary/aromatic N) is 2. The van der Waals surface area contributed by atoms with Gasteiger partial charge in [-0.05, 0) is 24.1 Å². The zero-order valence-electron chi connectivity index (χ0n) is 14.3. The van der Waals surface area contributed by atoms with Gasteiger partial charge in [-0.25, -0.2) is 4.98 Å². The summed E-state index contributed by atoms with van der Waals surface area (Å²) in [6.07, 6.45) is 1.01. The monoisotopic (exact) mass is 359 g/mol. The molecule has 1 atom stereocenters. The lowest BCUT2D eigenvalue weighted by Gasteiger charge is -2.13. The predicted molar refractivity (Wildman–Crippen MR) is 97.1 cm³/mol. The fraction of sp³-hybridized carbons (Fsp3) is 0.389. The highest BCUT2D eigenvalue weighted by atomic mass is 32.2. The number of rotatable bonds is 6. The zero-order valence-corrected chi connectivity index (χ0v) is 15.1.